The number of piperazine rings is 1. The fourth-order valence-electron chi connectivity index (χ4n) is 3.75. The third kappa shape index (κ3) is 6.66. The van der Waals surface area contributed by atoms with Crippen molar-refractivity contribution in [2.24, 2.45) is 0 Å². The number of hydrogen-bond donors (Lipinski definition) is 2. The second kappa shape index (κ2) is 11.8. The molecule has 1 fully saturated rings. The summed E-state index contributed by atoms with van der Waals surface area (Å²) in [6.07, 6.45) is 2.14. The Labute approximate surface area is 205 Å². The molecule has 1 aromatic carbocycles. The molecule has 0 atom stereocenters. The van der Waals surface area contributed by atoms with E-state index >= 15 is 0 Å². The van der Waals surface area contributed by atoms with E-state index in [0.717, 1.165) is 5.69 Å². The summed E-state index contributed by atoms with van der Waals surface area (Å²) in [4.78, 5) is 43.0. The number of carbonyl (C=O) groups excluding carboxylic acids is 3. The summed E-state index contributed by atoms with van der Waals surface area (Å²) < 4.78 is 5.19. The van der Waals surface area contributed by atoms with E-state index in [4.69, 9.17) is 16.0 Å². The third-order valence-corrected chi connectivity index (χ3v) is 5.74. The van der Waals surface area contributed by atoms with Gasteiger partial charge in [0, 0.05) is 44.5 Å². The van der Waals surface area contributed by atoms with Crippen LogP contribution in [0.15, 0.2) is 41.0 Å². The van der Waals surface area contributed by atoms with E-state index < -0.39 is 0 Å². The summed E-state index contributed by atoms with van der Waals surface area (Å²) in [6.45, 7) is 8.66. The van der Waals surface area contributed by atoms with Crippen molar-refractivity contribution in [2.45, 2.75) is 33.2 Å². The topological polar surface area (TPSA) is 98.1 Å². The fourth-order valence-corrected chi connectivity index (χ4v) is 3.92. The number of hydrogen-bond acceptors (Lipinski definition) is 5. The lowest BCUT2D eigenvalue weighted by Crippen LogP contribution is -2.52. The molecule has 0 unspecified atom stereocenters. The minimum atomic E-state index is -0.345. The molecule has 0 saturated carbocycles. The van der Waals surface area contributed by atoms with Gasteiger partial charge in [-0.1, -0.05) is 18.5 Å². The smallest absolute Gasteiger partial charge is 0.317 e. The normalized spacial score (nSPS) is 13.7. The zero-order valence-corrected chi connectivity index (χ0v) is 20.6. The number of rotatable bonds is 8. The van der Waals surface area contributed by atoms with Crippen molar-refractivity contribution in [3.8, 4) is 0 Å². The van der Waals surface area contributed by atoms with Gasteiger partial charge in [-0.3, -0.25) is 9.59 Å². The van der Waals surface area contributed by atoms with Crippen LogP contribution in [-0.2, 0) is 4.79 Å². The van der Waals surface area contributed by atoms with Crippen LogP contribution in [0.25, 0.3) is 0 Å². The molecular formula is C24H32ClN5O4. The fraction of sp³-hybridized carbons (Fsp3) is 0.458. The molecule has 1 aliphatic heterocycles. The van der Waals surface area contributed by atoms with Crippen molar-refractivity contribution in [3.63, 3.8) is 0 Å². The number of amides is 4. The number of nitrogens with one attached hydrogen (secondary N) is 2. The van der Waals surface area contributed by atoms with Crippen molar-refractivity contribution in [2.75, 3.05) is 49.5 Å². The Morgan fingerprint density at radius 3 is 2.50 bits per heavy atom. The van der Waals surface area contributed by atoms with Crippen LogP contribution in [0.1, 0.15) is 37.7 Å². The summed E-state index contributed by atoms with van der Waals surface area (Å²) in [7, 11) is 0. The molecule has 0 aliphatic carbocycles. The van der Waals surface area contributed by atoms with Crippen molar-refractivity contribution in [1.82, 2.24) is 15.1 Å². The first-order valence-electron chi connectivity index (χ1n) is 11.5. The van der Waals surface area contributed by atoms with Crippen LogP contribution in [0.3, 0.4) is 0 Å². The van der Waals surface area contributed by atoms with Crippen LogP contribution in [0.2, 0.25) is 5.02 Å². The zero-order valence-electron chi connectivity index (χ0n) is 19.8. The number of anilines is 2. The molecule has 34 heavy (non-hydrogen) atoms. The molecule has 0 radical (unpaired) electrons. The van der Waals surface area contributed by atoms with Crippen molar-refractivity contribution in [1.29, 1.82) is 0 Å². The minimum Gasteiger partial charge on any atom is -0.459 e. The van der Waals surface area contributed by atoms with E-state index in [0.29, 0.717) is 49.9 Å². The lowest BCUT2D eigenvalue weighted by atomic mass is 10.2. The van der Waals surface area contributed by atoms with Crippen molar-refractivity contribution in [3.05, 3.63) is 47.4 Å². The largest absolute Gasteiger partial charge is 0.459 e. The Balaban J connectivity index is 1.62. The lowest BCUT2D eigenvalue weighted by molar-refractivity contribution is -0.116. The highest BCUT2D eigenvalue weighted by molar-refractivity contribution is 6.33. The van der Waals surface area contributed by atoms with Gasteiger partial charge in [0.25, 0.3) is 5.91 Å². The Morgan fingerprint density at radius 1 is 1.15 bits per heavy atom. The Hall–Kier alpha value is -3.20. The van der Waals surface area contributed by atoms with Crippen LogP contribution in [-0.4, -0.2) is 73.0 Å². The van der Waals surface area contributed by atoms with E-state index in [1.54, 1.807) is 23.1 Å². The molecular weight excluding hydrogens is 458 g/mol. The molecule has 4 amide bonds. The van der Waals surface area contributed by atoms with Gasteiger partial charge in [0.2, 0.25) is 5.91 Å². The first-order chi connectivity index (χ1) is 16.3. The average molecular weight is 490 g/mol. The minimum absolute atomic E-state index is 0.0561. The van der Waals surface area contributed by atoms with E-state index in [2.05, 4.69) is 15.5 Å². The summed E-state index contributed by atoms with van der Waals surface area (Å²) >= 11 is 6.34. The average Bonchev–Trinajstić information content (AvgIpc) is 3.34. The van der Waals surface area contributed by atoms with Gasteiger partial charge in [0.05, 0.1) is 17.0 Å². The maximum atomic E-state index is 12.8. The Bertz CT molecular complexity index is 987. The Morgan fingerprint density at radius 2 is 1.88 bits per heavy atom. The molecule has 1 saturated heterocycles. The first kappa shape index (κ1) is 25.4. The van der Waals surface area contributed by atoms with Gasteiger partial charge in [-0.15, -0.1) is 0 Å². The monoisotopic (exact) mass is 489 g/mol. The number of furan rings is 1. The number of benzene rings is 1. The molecule has 2 heterocycles. The second-order valence-electron chi connectivity index (χ2n) is 8.49. The maximum Gasteiger partial charge on any atom is 0.317 e. The molecule has 2 N–H and O–H groups in total. The van der Waals surface area contributed by atoms with E-state index in [9.17, 15) is 14.4 Å². The SMILES string of the molecule is CCCN(CC(=O)Nc1cc(N2CCN(C(=O)NC(C)C)CC2)ccc1Cl)C(=O)c1ccco1. The molecule has 3 rings (SSSR count). The predicted molar refractivity (Wildman–Crippen MR) is 132 cm³/mol. The van der Waals surface area contributed by atoms with Crippen LogP contribution in [0.4, 0.5) is 16.2 Å². The summed E-state index contributed by atoms with van der Waals surface area (Å²) in [5.74, 6) is -0.480. The van der Waals surface area contributed by atoms with Gasteiger partial charge < -0.3 is 29.8 Å². The second-order valence-corrected chi connectivity index (χ2v) is 8.90. The van der Waals surface area contributed by atoms with Crippen LogP contribution in [0, 0.1) is 0 Å². The van der Waals surface area contributed by atoms with Gasteiger partial charge >= 0.3 is 6.03 Å². The van der Waals surface area contributed by atoms with Gasteiger partial charge in [-0.05, 0) is 50.6 Å². The quantitative estimate of drug-likeness (QED) is 0.589. The number of halogens is 1. The molecule has 1 aromatic heterocycles. The summed E-state index contributed by atoms with van der Waals surface area (Å²) in [6, 6.07) is 8.71. The van der Waals surface area contributed by atoms with Crippen LogP contribution in [0.5, 0.6) is 0 Å². The highest BCUT2D eigenvalue weighted by Gasteiger charge is 2.23. The van der Waals surface area contributed by atoms with Gasteiger partial charge in [-0.2, -0.15) is 0 Å². The standard InChI is InChI=1S/C24H32ClN5O4/c1-4-9-30(23(32)21-6-5-14-34-21)16-22(31)27-20-15-18(7-8-19(20)25)28-10-12-29(13-11-28)24(33)26-17(2)3/h5-8,14-15,17H,4,9-13,16H2,1-3H3,(H,26,33)(H,27,31). The van der Waals surface area contributed by atoms with Crippen molar-refractivity contribution >= 4 is 40.8 Å². The van der Waals surface area contributed by atoms with E-state index in [1.165, 1.54) is 11.2 Å². The molecule has 1 aliphatic rings. The third-order valence-electron chi connectivity index (χ3n) is 5.42. The first-order valence-corrected chi connectivity index (χ1v) is 11.9. The molecule has 0 spiro atoms. The number of nitrogens with zero attached hydrogens (tertiary/aromatic N) is 3. The summed E-state index contributed by atoms with van der Waals surface area (Å²) in [5.41, 5.74) is 1.38. The Kier molecular flexibility index (Phi) is 8.81. The van der Waals surface area contributed by atoms with Gasteiger partial charge in [-0.25, -0.2) is 4.79 Å². The molecule has 184 valence electrons. The lowest BCUT2D eigenvalue weighted by Gasteiger charge is -2.36. The highest BCUT2D eigenvalue weighted by Crippen LogP contribution is 2.28. The van der Waals surface area contributed by atoms with Gasteiger partial charge in [0.15, 0.2) is 5.76 Å². The molecule has 2 aromatic rings. The van der Waals surface area contributed by atoms with Crippen LogP contribution < -0.4 is 15.5 Å². The van der Waals surface area contributed by atoms with Gasteiger partial charge in [0.1, 0.15) is 6.54 Å². The summed E-state index contributed by atoms with van der Waals surface area (Å²) in [5, 5.41) is 6.16. The molecule has 10 heteroatoms. The number of carbonyl (C=O) groups is 3. The van der Waals surface area contributed by atoms with E-state index in [1.807, 2.05) is 32.9 Å². The maximum absolute atomic E-state index is 12.8. The molecule has 0 bridgehead atoms. The number of urea groups is 1. The van der Waals surface area contributed by atoms with Crippen LogP contribution >= 0.6 is 11.6 Å². The zero-order chi connectivity index (χ0) is 24.7. The molecule has 9 nitrogen and oxygen atoms in total. The van der Waals surface area contributed by atoms with Crippen molar-refractivity contribution < 1.29 is 18.8 Å². The van der Waals surface area contributed by atoms with E-state index in [-0.39, 0.29) is 36.2 Å². The highest BCUT2D eigenvalue weighted by atomic mass is 35.5. The predicted octanol–water partition coefficient (Wildman–Crippen LogP) is 3.66.